The van der Waals surface area contributed by atoms with Crippen LogP contribution in [0, 0.1) is 0 Å². The molecule has 0 spiro atoms. The molecule has 2 heteroatoms. The third-order valence-electron chi connectivity index (χ3n) is 0.795. The van der Waals surface area contributed by atoms with E-state index in [1.807, 2.05) is 23.0 Å². The molecule has 0 atom stereocenters. The highest BCUT2D eigenvalue weighted by atomic mass is 32.2. The first-order valence-corrected chi connectivity index (χ1v) is 3.69. The highest BCUT2D eigenvalue weighted by molar-refractivity contribution is 8.20. The Kier molecular flexibility index (Phi) is 1.80. The minimum absolute atomic E-state index is 0.0185. The number of rotatable bonds is 1. The minimum Gasteiger partial charge on any atom is -0.298 e. The molecule has 0 aromatic heterocycles. The Morgan fingerprint density at radius 1 is 1.25 bits per heavy atom. The molecule has 0 N–H and O–H groups in total. The summed E-state index contributed by atoms with van der Waals surface area (Å²) in [6, 6.07) is 0. The van der Waals surface area contributed by atoms with E-state index in [0.717, 1.165) is 6.29 Å². The molecule has 1 heterocycles. The summed E-state index contributed by atoms with van der Waals surface area (Å²) < 4.78 is 0. The van der Waals surface area contributed by atoms with Crippen LogP contribution >= 0.6 is 10.5 Å². The highest BCUT2D eigenvalue weighted by Gasteiger charge is 1.84. The van der Waals surface area contributed by atoms with Gasteiger partial charge in [0.2, 0.25) is 0 Å². The number of hydrogen-bond donors (Lipinski definition) is 0. The second-order valence-electron chi connectivity index (χ2n) is 1.34. The molecule has 1 aliphatic rings. The van der Waals surface area contributed by atoms with E-state index >= 15 is 0 Å². The lowest BCUT2D eigenvalue weighted by molar-refractivity contribution is -0.102. The van der Waals surface area contributed by atoms with Gasteiger partial charge in [-0.1, -0.05) is 12.2 Å². The summed E-state index contributed by atoms with van der Waals surface area (Å²) >= 11 is 0. The molecule has 0 aromatic rings. The smallest absolute Gasteiger partial charge is 0.148 e. The lowest BCUT2D eigenvalue weighted by Gasteiger charge is -1.81. The van der Waals surface area contributed by atoms with Gasteiger partial charge >= 0.3 is 0 Å². The van der Waals surface area contributed by atoms with Crippen LogP contribution in [0.3, 0.4) is 0 Å². The average molecular weight is 126 g/mol. The normalized spacial score (nSPS) is 17.0. The van der Waals surface area contributed by atoms with E-state index in [0.29, 0.717) is 0 Å². The molecule has 0 radical (unpaired) electrons. The summed E-state index contributed by atoms with van der Waals surface area (Å²) in [5.74, 6) is 0. The maximum Gasteiger partial charge on any atom is 0.148 e. The second kappa shape index (κ2) is 2.62. The van der Waals surface area contributed by atoms with Crippen LogP contribution in [0.1, 0.15) is 0 Å². The minimum atomic E-state index is 0.0185. The molecular formula is C6H6OS. The fraction of sp³-hybridized carbons (Fsp3) is 0. The summed E-state index contributed by atoms with van der Waals surface area (Å²) in [4.78, 5) is 9.84. The van der Waals surface area contributed by atoms with Crippen molar-refractivity contribution in [1.82, 2.24) is 0 Å². The Morgan fingerprint density at radius 3 is 2.38 bits per heavy atom. The molecule has 0 saturated carbocycles. The van der Waals surface area contributed by atoms with E-state index in [9.17, 15) is 4.79 Å². The summed E-state index contributed by atoms with van der Waals surface area (Å²) in [5.41, 5.74) is 0. The molecule has 8 heavy (non-hydrogen) atoms. The number of aldehydes is 1. The molecule has 0 unspecified atom stereocenters. The van der Waals surface area contributed by atoms with Gasteiger partial charge in [-0.25, -0.2) is 0 Å². The maximum atomic E-state index is 9.84. The summed E-state index contributed by atoms with van der Waals surface area (Å²) in [6.45, 7) is 0. The Labute approximate surface area is 50.6 Å². The van der Waals surface area contributed by atoms with Crippen molar-refractivity contribution in [3.05, 3.63) is 23.0 Å². The molecule has 0 saturated heterocycles. The van der Waals surface area contributed by atoms with Crippen molar-refractivity contribution in [2.45, 2.75) is 0 Å². The van der Waals surface area contributed by atoms with Gasteiger partial charge in [-0.05, 0) is 10.8 Å². The molecule has 1 nitrogen and oxygen atoms in total. The van der Waals surface area contributed by atoms with E-state index in [2.05, 4.69) is 0 Å². The van der Waals surface area contributed by atoms with Gasteiger partial charge in [0.05, 0.1) is 0 Å². The molecular weight excluding hydrogens is 120 g/mol. The zero-order valence-electron chi connectivity index (χ0n) is 4.28. The first kappa shape index (κ1) is 5.51. The Morgan fingerprint density at radius 2 is 1.88 bits per heavy atom. The van der Waals surface area contributed by atoms with Crippen LogP contribution in [0.4, 0.5) is 0 Å². The SMILES string of the molecule is O=CC=S1C=CC=C1. The van der Waals surface area contributed by atoms with Crippen LogP contribution in [0.25, 0.3) is 0 Å². The van der Waals surface area contributed by atoms with Gasteiger partial charge in [0.1, 0.15) is 6.29 Å². The van der Waals surface area contributed by atoms with Crippen molar-refractivity contribution in [1.29, 1.82) is 0 Å². The van der Waals surface area contributed by atoms with E-state index in [1.54, 1.807) is 5.37 Å². The van der Waals surface area contributed by atoms with Crippen LogP contribution in [0.15, 0.2) is 23.0 Å². The van der Waals surface area contributed by atoms with Crippen molar-refractivity contribution in [3.63, 3.8) is 0 Å². The fourth-order valence-corrected chi connectivity index (χ4v) is 1.42. The number of allylic oxidation sites excluding steroid dienone is 2. The number of carbonyl (C=O) groups excluding carboxylic acids is 1. The van der Waals surface area contributed by atoms with E-state index in [1.165, 1.54) is 0 Å². The standard InChI is InChI=1S/C6H6OS/c7-3-6-8-4-1-2-5-8/h1-6H. The van der Waals surface area contributed by atoms with Gasteiger partial charge in [0.25, 0.3) is 0 Å². The number of carbonyl (C=O) groups is 1. The van der Waals surface area contributed by atoms with Gasteiger partial charge in [-0.3, -0.25) is 4.79 Å². The third-order valence-corrected chi connectivity index (χ3v) is 2.16. The van der Waals surface area contributed by atoms with Gasteiger partial charge in [-0.15, -0.1) is 10.5 Å². The van der Waals surface area contributed by atoms with Crippen molar-refractivity contribution >= 4 is 22.1 Å². The zero-order chi connectivity index (χ0) is 5.82. The Balaban J connectivity index is 2.74. The molecule has 1 aliphatic heterocycles. The van der Waals surface area contributed by atoms with Gasteiger partial charge in [0.15, 0.2) is 0 Å². The lowest BCUT2D eigenvalue weighted by atomic mass is 10.6. The van der Waals surface area contributed by atoms with Crippen LogP contribution < -0.4 is 0 Å². The summed E-state index contributed by atoms with van der Waals surface area (Å²) in [7, 11) is 0.0185. The summed E-state index contributed by atoms with van der Waals surface area (Å²) in [5, 5.41) is 5.63. The largest absolute Gasteiger partial charge is 0.298 e. The van der Waals surface area contributed by atoms with Crippen molar-refractivity contribution in [2.75, 3.05) is 0 Å². The van der Waals surface area contributed by atoms with Crippen molar-refractivity contribution < 1.29 is 4.79 Å². The Hall–Kier alpha value is -0.630. The monoisotopic (exact) mass is 126 g/mol. The molecule has 0 aliphatic carbocycles. The predicted octanol–water partition coefficient (Wildman–Crippen LogP) is 1.30. The molecule has 0 bridgehead atoms. The van der Waals surface area contributed by atoms with Crippen LogP contribution in [-0.4, -0.2) is 11.7 Å². The van der Waals surface area contributed by atoms with Gasteiger partial charge < -0.3 is 0 Å². The van der Waals surface area contributed by atoms with Crippen molar-refractivity contribution in [2.24, 2.45) is 0 Å². The molecule has 0 aromatic carbocycles. The lowest BCUT2D eigenvalue weighted by Crippen LogP contribution is -1.67. The maximum absolute atomic E-state index is 9.84. The van der Waals surface area contributed by atoms with Crippen LogP contribution in [-0.2, 0) is 4.79 Å². The molecule has 0 amide bonds. The van der Waals surface area contributed by atoms with E-state index < -0.39 is 0 Å². The fourth-order valence-electron chi connectivity index (χ4n) is 0.472. The van der Waals surface area contributed by atoms with Gasteiger partial charge in [-0.2, -0.15) is 0 Å². The van der Waals surface area contributed by atoms with E-state index in [4.69, 9.17) is 0 Å². The van der Waals surface area contributed by atoms with Crippen molar-refractivity contribution in [3.8, 4) is 0 Å². The first-order valence-electron chi connectivity index (χ1n) is 2.28. The van der Waals surface area contributed by atoms with E-state index in [-0.39, 0.29) is 10.5 Å². The first-order chi connectivity index (χ1) is 3.93. The zero-order valence-corrected chi connectivity index (χ0v) is 5.10. The van der Waals surface area contributed by atoms with Crippen LogP contribution in [0.2, 0.25) is 0 Å². The number of hydrogen-bond acceptors (Lipinski definition) is 1. The predicted molar refractivity (Wildman–Crippen MR) is 38.0 cm³/mol. The Bertz CT molecular complexity index is 163. The molecule has 0 fully saturated rings. The summed E-state index contributed by atoms with van der Waals surface area (Å²) in [6.07, 6.45) is 4.73. The molecule has 1 rings (SSSR count). The second-order valence-corrected chi connectivity index (χ2v) is 2.97. The topological polar surface area (TPSA) is 17.1 Å². The average Bonchev–Trinajstić information content (AvgIpc) is 2.19. The van der Waals surface area contributed by atoms with Crippen LogP contribution in [0.5, 0.6) is 0 Å². The van der Waals surface area contributed by atoms with Gasteiger partial charge in [0, 0.05) is 5.37 Å². The highest BCUT2D eigenvalue weighted by Crippen LogP contribution is 2.19. The third kappa shape index (κ3) is 1.17. The quantitative estimate of drug-likeness (QED) is 0.382. The molecule has 42 valence electrons.